The van der Waals surface area contributed by atoms with Crippen molar-refractivity contribution in [1.82, 2.24) is 10.2 Å². The molecule has 1 aromatic heterocycles. The summed E-state index contributed by atoms with van der Waals surface area (Å²) >= 11 is 1.85. The van der Waals surface area contributed by atoms with Gasteiger partial charge >= 0.3 is 0 Å². The van der Waals surface area contributed by atoms with Gasteiger partial charge in [-0.05, 0) is 51.8 Å². The van der Waals surface area contributed by atoms with Crippen molar-refractivity contribution in [2.45, 2.75) is 45.1 Å². The van der Waals surface area contributed by atoms with Gasteiger partial charge in [0.25, 0.3) is 0 Å². The molecule has 0 saturated carbocycles. The lowest BCUT2D eigenvalue weighted by molar-refractivity contribution is -0.132. The number of rotatable bonds is 6. The number of likely N-dealkylation sites (tertiary alicyclic amines) is 1. The van der Waals surface area contributed by atoms with Gasteiger partial charge in [0.2, 0.25) is 5.91 Å². The monoisotopic (exact) mass is 280 g/mol. The number of likely N-dealkylation sites (N-methyl/N-ethyl adjacent to an activating group) is 1. The number of aryl methyl sites for hydroxylation is 2. The molecular formula is C15H24N2OS. The SMILES string of the molecule is CNCC1CCCN1C(=O)CCCc1ccc(C)s1. The molecule has 1 saturated heterocycles. The molecule has 0 aromatic carbocycles. The first-order valence-electron chi connectivity index (χ1n) is 7.20. The Morgan fingerprint density at radius 1 is 1.53 bits per heavy atom. The second-order valence-corrected chi connectivity index (χ2v) is 6.68. The van der Waals surface area contributed by atoms with Crippen molar-refractivity contribution < 1.29 is 4.79 Å². The smallest absolute Gasteiger partial charge is 0.222 e. The Morgan fingerprint density at radius 3 is 3.05 bits per heavy atom. The highest BCUT2D eigenvalue weighted by atomic mass is 32.1. The Morgan fingerprint density at radius 2 is 2.37 bits per heavy atom. The highest BCUT2D eigenvalue weighted by molar-refractivity contribution is 7.11. The van der Waals surface area contributed by atoms with Gasteiger partial charge in [-0.25, -0.2) is 0 Å². The summed E-state index contributed by atoms with van der Waals surface area (Å²) in [4.78, 5) is 17.1. The van der Waals surface area contributed by atoms with Crippen molar-refractivity contribution in [2.24, 2.45) is 0 Å². The Hall–Kier alpha value is -0.870. The summed E-state index contributed by atoms with van der Waals surface area (Å²) in [6, 6.07) is 4.76. The minimum Gasteiger partial charge on any atom is -0.338 e. The zero-order valence-electron chi connectivity index (χ0n) is 11.9. The normalized spacial score (nSPS) is 19.1. The van der Waals surface area contributed by atoms with E-state index in [9.17, 15) is 4.79 Å². The maximum absolute atomic E-state index is 12.2. The third kappa shape index (κ3) is 4.05. The maximum Gasteiger partial charge on any atom is 0.222 e. The third-order valence-electron chi connectivity index (χ3n) is 3.75. The van der Waals surface area contributed by atoms with Gasteiger partial charge in [-0.15, -0.1) is 11.3 Å². The Labute approximate surface area is 120 Å². The molecule has 2 heterocycles. The topological polar surface area (TPSA) is 32.3 Å². The van der Waals surface area contributed by atoms with E-state index in [2.05, 4.69) is 29.3 Å². The Balaban J connectivity index is 1.74. The third-order valence-corrected chi connectivity index (χ3v) is 4.81. The summed E-state index contributed by atoms with van der Waals surface area (Å²) < 4.78 is 0. The van der Waals surface area contributed by atoms with E-state index in [-0.39, 0.29) is 0 Å². The van der Waals surface area contributed by atoms with Crippen LogP contribution in [0.3, 0.4) is 0 Å². The fraction of sp³-hybridized carbons (Fsp3) is 0.667. The summed E-state index contributed by atoms with van der Waals surface area (Å²) in [5, 5.41) is 3.19. The van der Waals surface area contributed by atoms with Crippen LogP contribution in [0.4, 0.5) is 0 Å². The first-order valence-corrected chi connectivity index (χ1v) is 8.01. The zero-order chi connectivity index (χ0) is 13.7. The molecule has 1 aliphatic heterocycles. The number of carbonyl (C=O) groups excluding carboxylic acids is 1. The van der Waals surface area contributed by atoms with E-state index >= 15 is 0 Å². The van der Waals surface area contributed by atoms with E-state index in [1.807, 2.05) is 18.4 Å². The van der Waals surface area contributed by atoms with E-state index < -0.39 is 0 Å². The molecule has 1 N–H and O–H groups in total. The quantitative estimate of drug-likeness (QED) is 0.868. The van der Waals surface area contributed by atoms with Gasteiger partial charge in [-0.3, -0.25) is 4.79 Å². The van der Waals surface area contributed by atoms with Crippen LogP contribution in [0.1, 0.15) is 35.4 Å². The van der Waals surface area contributed by atoms with Crippen LogP contribution in [-0.4, -0.2) is 37.0 Å². The first kappa shape index (κ1) is 14.5. The van der Waals surface area contributed by atoms with E-state index in [1.54, 1.807) is 0 Å². The van der Waals surface area contributed by atoms with E-state index in [0.717, 1.165) is 38.8 Å². The Bertz CT molecular complexity index is 416. The van der Waals surface area contributed by atoms with Crippen molar-refractivity contribution in [1.29, 1.82) is 0 Å². The fourth-order valence-corrected chi connectivity index (χ4v) is 3.72. The lowest BCUT2D eigenvalue weighted by atomic mass is 10.1. The highest BCUT2D eigenvalue weighted by Gasteiger charge is 2.27. The summed E-state index contributed by atoms with van der Waals surface area (Å²) in [6.45, 7) is 4.01. The van der Waals surface area contributed by atoms with Gasteiger partial charge in [0.05, 0.1) is 0 Å². The van der Waals surface area contributed by atoms with Gasteiger partial charge in [-0.2, -0.15) is 0 Å². The maximum atomic E-state index is 12.2. The number of nitrogens with one attached hydrogen (secondary N) is 1. The number of hydrogen-bond acceptors (Lipinski definition) is 3. The summed E-state index contributed by atoms with van der Waals surface area (Å²) in [5.41, 5.74) is 0. The van der Waals surface area contributed by atoms with Crippen LogP contribution in [0.5, 0.6) is 0 Å². The molecule has 1 atom stereocenters. The molecule has 106 valence electrons. The predicted molar refractivity (Wildman–Crippen MR) is 80.7 cm³/mol. The molecule has 2 rings (SSSR count). The second-order valence-electron chi connectivity index (χ2n) is 5.31. The van der Waals surface area contributed by atoms with E-state index in [0.29, 0.717) is 18.4 Å². The lowest BCUT2D eigenvalue weighted by Crippen LogP contribution is -2.40. The van der Waals surface area contributed by atoms with Crippen LogP contribution in [0.15, 0.2) is 12.1 Å². The van der Waals surface area contributed by atoms with E-state index in [4.69, 9.17) is 0 Å². The van der Waals surface area contributed by atoms with Gasteiger partial charge in [0.1, 0.15) is 0 Å². The largest absolute Gasteiger partial charge is 0.338 e. The number of nitrogens with zero attached hydrogens (tertiary/aromatic N) is 1. The average Bonchev–Trinajstić information content (AvgIpc) is 2.99. The van der Waals surface area contributed by atoms with Gasteiger partial charge in [0.15, 0.2) is 0 Å². The molecule has 3 nitrogen and oxygen atoms in total. The van der Waals surface area contributed by atoms with Crippen LogP contribution >= 0.6 is 11.3 Å². The van der Waals surface area contributed by atoms with Gasteiger partial charge in [-0.1, -0.05) is 0 Å². The van der Waals surface area contributed by atoms with Crippen LogP contribution in [-0.2, 0) is 11.2 Å². The molecule has 1 fully saturated rings. The molecule has 19 heavy (non-hydrogen) atoms. The van der Waals surface area contributed by atoms with Crippen LogP contribution in [0.25, 0.3) is 0 Å². The fourth-order valence-electron chi connectivity index (χ4n) is 2.79. The lowest BCUT2D eigenvalue weighted by Gasteiger charge is -2.24. The van der Waals surface area contributed by atoms with E-state index in [1.165, 1.54) is 9.75 Å². The molecule has 4 heteroatoms. The summed E-state index contributed by atoms with van der Waals surface area (Å²) in [7, 11) is 1.96. The number of carbonyl (C=O) groups is 1. The number of amides is 1. The summed E-state index contributed by atoms with van der Waals surface area (Å²) in [6.07, 6.45) is 5.01. The van der Waals surface area contributed by atoms with Crippen molar-refractivity contribution >= 4 is 17.2 Å². The number of thiophene rings is 1. The van der Waals surface area contributed by atoms with Gasteiger partial charge in [0, 0.05) is 35.3 Å². The molecule has 1 aromatic rings. The Kier molecular flexibility index (Phi) is 5.40. The minimum atomic E-state index is 0.339. The second kappa shape index (κ2) is 7.06. The van der Waals surface area contributed by atoms with Gasteiger partial charge < -0.3 is 10.2 Å². The molecule has 1 amide bonds. The van der Waals surface area contributed by atoms with Crippen LogP contribution in [0.2, 0.25) is 0 Å². The molecule has 0 bridgehead atoms. The molecule has 0 radical (unpaired) electrons. The minimum absolute atomic E-state index is 0.339. The molecule has 0 spiro atoms. The zero-order valence-corrected chi connectivity index (χ0v) is 12.8. The van der Waals surface area contributed by atoms with Crippen LogP contribution < -0.4 is 5.32 Å². The average molecular weight is 280 g/mol. The first-order chi connectivity index (χ1) is 9.20. The van der Waals surface area contributed by atoms with Crippen molar-refractivity contribution in [2.75, 3.05) is 20.1 Å². The predicted octanol–water partition coefficient (Wildman–Crippen LogP) is 2.59. The van der Waals surface area contributed by atoms with Crippen molar-refractivity contribution in [3.8, 4) is 0 Å². The molecule has 1 aliphatic rings. The highest BCUT2D eigenvalue weighted by Crippen LogP contribution is 2.20. The molecular weight excluding hydrogens is 256 g/mol. The van der Waals surface area contributed by atoms with Crippen molar-refractivity contribution in [3.63, 3.8) is 0 Å². The standard InChI is InChI=1S/C15H24N2OS/c1-12-8-9-14(19-12)6-3-7-15(18)17-10-4-5-13(17)11-16-2/h8-9,13,16H,3-7,10-11H2,1-2H3. The van der Waals surface area contributed by atoms with Crippen molar-refractivity contribution in [3.05, 3.63) is 21.9 Å². The molecule has 0 aliphatic carbocycles. The molecule has 1 unspecified atom stereocenters. The van der Waals surface area contributed by atoms with Crippen LogP contribution in [0, 0.1) is 6.92 Å². The number of hydrogen-bond donors (Lipinski definition) is 1. The summed E-state index contributed by atoms with van der Waals surface area (Å²) in [5.74, 6) is 0.339.